The second-order valence-corrected chi connectivity index (χ2v) is 6.04. The summed E-state index contributed by atoms with van der Waals surface area (Å²) in [6, 6.07) is 13.1. The Morgan fingerprint density at radius 3 is 2.50 bits per heavy atom. The molecular formula is C17H13ClN4O3S. The minimum absolute atomic E-state index is 0.0632. The van der Waals surface area contributed by atoms with E-state index in [1.165, 1.54) is 29.0 Å². The third-order valence-corrected chi connectivity index (χ3v) is 4.05. The van der Waals surface area contributed by atoms with Crippen LogP contribution in [0.25, 0.3) is 5.69 Å². The molecule has 4 N–H and O–H groups in total. The molecule has 9 heteroatoms. The molecule has 1 aromatic heterocycles. The van der Waals surface area contributed by atoms with Gasteiger partial charge in [0.2, 0.25) is 0 Å². The van der Waals surface area contributed by atoms with Crippen molar-refractivity contribution in [1.82, 2.24) is 20.4 Å². The van der Waals surface area contributed by atoms with E-state index < -0.39 is 11.8 Å². The number of H-pyrrole nitrogens is 1. The highest BCUT2D eigenvalue weighted by Gasteiger charge is 2.17. The first kappa shape index (κ1) is 17.7. The van der Waals surface area contributed by atoms with Crippen LogP contribution in [-0.2, 0) is 0 Å². The number of para-hydroxylation sites is 1. The summed E-state index contributed by atoms with van der Waals surface area (Å²) >= 11 is 11.0. The fourth-order valence-corrected chi connectivity index (χ4v) is 2.74. The predicted octanol–water partition coefficient (Wildman–Crippen LogP) is 2.97. The van der Waals surface area contributed by atoms with Crippen molar-refractivity contribution < 1.29 is 14.7 Å². The molecule has 0 radical (unpaired) electrons. The number of amides is 2. The number of hydrazine groups is 1. The van der Waals surface area contributed by atoms with Gasteiger partial charge in [-0.05, 0) is 42.5 Å². The van der Waals surface area contributed by atoms with Crippen molar-refractivity contribution in [2.24, 2.45) is 0 Å². The summed E-state index contributed by atoms with van der Waals surface area (Å²) in [5.41, 5.74) is 5.36. The summed E-state index contributed by atoms with van der Waals surface area (Å²) in [4.78, 5) is 27.4. The Hall–Kier alpha value is -3.10. The highest BCUT2D eigenvalue weighted by atomic mass is 35.5. The third-order valence-electron chi connectivity index (χ3n) is 3.52. The third kappa shape index (κ3) is 3.61. The number of halogens is 1. The zero-order valence-electron chi connectivity index (χ0n) is 13.2. The second kappa shape index (κ2) is 7.42. The molecule has 7 nitrogen and oxygen atoms in total. The first-order valence-corrected chi connectivity index (χ1v) is 8.21. The van der Waals surface area contributed by atoms with Crippen LogP contribution in [0.2, 0.25) is 5.02 Å². The lowest BCUT2D eigenvalue weighted by molar-refractivity contribution is 0.0841. The smallest absolute Gasteiger partial charge is 0.288 e. The number of aromatic amines is 1. The SMILES string of the molecule is O=C(NNC(=O)c1c[nH]c(=S)n1-c1ccccc1)c1cc(Cl)ccc1O. The average Bonchev–Trinajstić information content (AvgIpc) is 3.03. The number of hydrogen-bond acceptors (Lipinski definition) is 4. The van der Waals surface area contributed by atoms with Crippen molar-refractivity contribution in [3.8, 4) is 11.4 Å². The molecular weight excluding hydrogens is 376 g/mol. The summed E-state index contributed by atoms with van der Waals surface area (Å²) in [5.74, 6) is -1.55. The topological polar surface area (TPSA) is 99.2 Å². The molecule has 0 saturated heterocycles. The molecule has 0 spiro atoms. The molecule has 3 aromatic rings. The number of carbonyl (C=O) groups is 2. The number of aromatic hydroxyl groups is 1. The Morgan fingerprint density at radius 2 is 1.77 bits per heavy atom. The first-order chi connectivity index (χ1) is 12.5. The molecule has 0 aliphatic rings. The number of phenolic OH excluding ortho intramolecular Hbond substituents is 1. The van der Waals surface area contributed by atoms with Crippen LogP contribution in [0.15, 0.2) is 54.7 Å². The maximum Gasteiger partial charge on any atom is 0.288 e. The minimum atomic E-state index is -0.709. The van der Waals surface area contributed by atoms with Crippen LogP contribution in [0, 0.1) is 4.77 Å². The molecule has 1 heterocycles. The Bertz CT molecular complexity index is 1030. The predicted molar refractivity (Wildman–Crippen MR) is 99.0 cm³/mol. The van der Waals surface area contributed by atoms with E-state index in [0.29, 0.717) is 10.5 Å². The highest BCUT2D eigenvalue weighted by molar-refractivity contribution is 7.71. The molecule has 2 amide bonds. The van der Waals surface area contributed by atoms with Crippen LogP contribution in [0.5, 0.6) is 5.75 Å². The maximum absolute atomic E-state index is 12.4. The number of carbonyl (C=O) groups excluding carboxylic acids is 2. The molecule has 0 unspecified atom stereocenters. The van der Waals surface area contributed by atoms with Crippen LogP contribution in [0.4, 0.5) is 0 Å². The lowest BCUT2D eigenvalue weighted by Crippen LogP contribution is -2.42. The number of nitrogens with zero attached hydrogens (tertiary/aromatic N) is 1. The molecule has 0 bridgehead atoms. The number of aromatic nitrogens is 2. The van der Waals surface area contributed by atoms with Crippen LogP contribution < -0.4 is 10.9 Å². The van der Waals surface area contributed by atoms with Crippen LogP contribution in [0.1, 0.15) is 20.8 Å². The molecule has 0 aliphatic carbocycles. The average molecular weight is 389 g/mol. The number of phenols is 1. The molecule has 0 atom stereocenters. The lowest BCUT2D eigenvalue weighted by atomic mass is 10.2. The summed E-state index contributed by atoms with van der Waals surface area (Å²) in [7, 11) is 0. The molecule has 0 saturated carbocycles. The Kier molecular flexibility index (Phi) is 5.06. The monoisotopic (exact) mass is 388 g/mol. The van der Waals surface area contributed by atoms with Gasteiger partial charge in [0.25, 0.3) is 11.8 Å². The highest BCUT2D eigenvalue weighted by Crippen LogP contribution is 2.21. The van der Waals surface area contributed by atoms with Crippen molar-refractivity contribution in [2.75, 3.05) is 0 Å². The van der Waals surface area contributed by atoms with Gasteiger partial charge in [-0.2, -0.15) is 0 Å². The van der Waals surface area contributed by atoms with Gasteiger partial charge in [-0.15, -0.1) is 0 Å². The summed E-state index contributed by atoms with van der Waals surface area (Å²) in [6.07, 6.45) is 1.44. The Morgan fingerprint density at radius 1 is 1.08 bits per heavy atom. The van der Waals surface area contributed by atoms with Crippen LogP contribution in [-0.4, -0.2) is 26.5 Å². The van der Waals surface area contributed by atoms with Crippen molar-refractivity contribution in [2.45, 2.75) is 0 Å². The van der Waals surface area contributed by atoms with E-state index in [0.717, 1.165) is 0 Å². The van der Waals surface area contributed by atoms with Crippen molar-refractivity contribution >= 4 is 35.6 Å². The Labute approximate surface area is 158 Å². The van der Waals surface area contributed by atoms with Gasteiger partial charge >= 0.3 is 0 Å². The van der Waals surface area contributed by atoms with E-state index in [-0.39, 0.29) is 22.0 Å². The molecule has 3 rings (SSSR count). The molecule has 0 fully saturated rings. The van der Waals surface area contributed by atoms with E-state index in [1.807, 2.05) is 18.2 Å². The summed E-state index contributed by atoms with van der Waals surface area (Å²) in [6.45, 7) is 0. The number of hydrogen-bond donors (Lipinski definition) is 4. The quantitative estimate of drug-likeness (QED) is 0.409. The van der Waals surface area contributed by atoms with Crippen molar-refractivity contribution in [3.05, 3.63) is 75.8 Å². The fraction of sp³-hybridized carbons (Fsp3) is 0. The van der Waals surface area contributed by atoms with E-state index in [9.17, 15) is 14.7 Å². The van der Waals surface area contributed by atoms with Crippen LogP contribution >= 0.6 is 23.8 Å². The zero-order chi connectivity index (χ0) is 18.7. The van der Waals surface area contributed by atoms with Gasteiger partial charge in [0.15, 0.2) is 4.77 Å². The first-order valence-electron chi connectivity index (χ1n) is 7.42. The summed E-state index contributed by atoms with van der Waals surface area (Å²) < 4.78 is 1.87. The molecule has 2 aromatic carbocycles. The van der Waals surface area contributed by atoms with Crippen LogP contribution in [0.3, 0.4) is 0 Å². The molecule has 0 aliphatic heterocycles. The lowest BCUT2D eigenvalue weighted by Gasteiger charge is -2.10. The fourth-order valence-electron chi connectivity index (χ4n) is 2.30. The van der Waals surface area contributed by atoms with E-state index >= 15 is 0 Å². The van der Waals surface area contributed by atoms with Gasteiger partial charge in [0.05, 0.1) is 5.56 Å². The number of rotatable bonds is 3. The van der Waals surface area contributed by atoms with Gasteiger partial charge in [-0.1, -0.05) is 29.8 Å². The van der Waals surface area contributed by atoms with Gasteiger partial charge in [0, 0.05) is 16.9 Å². The molecule has 26 heavy (non-hydrogen) atoms. The van der Waals surface area contributed by atoms with E-state index in [2.05, 4.69) is 15.8 Å². The molecule has 132 valence electrons. The summed E-state index contributed by atoms with van der Waals surface area (Å²) in [5, 5.41) is 10.0. The van der Waals surface area contributed by atoms with Gasteiger partial charge in [-0.25, -0.2) is 0 Å². The normalized spacial score (nSPS) is 10.3. The standard InChI is InChI=1S/C17H13ClN4O3S/c18-10-6-7-14(23)12(8-10)15(24)20-21-16(25)13-9-19-17(26)22(13)11-4-2-1-3-5-11/h1-9,23H,(H,19,26)(H,20,24)(H,21,25). The van der Waals surface area contributed by atoms with E-state index in [1.54, 1.807) is 12.1 Å². The number of benzene rings is 2. The Balaban J connectivity index is 1.79. The van der Waals surface area contributed by atoms with E-state index in [4.69, 9.17) is 23.8 Å². The largest absolute Gasteiger partial charge is 0.507 e. The second-order valence-electron chi connectivity index (χ2n) is 5.22. The van der Waals surface area contributed by atoms with Gasteiger partial charge < -0.3 is 10.1 Å². The number of imidazole rings is 1. The zero-order valence-corrected chi connectivity index (χ0v) is 14.8. The van der Waals surface area contributed by atoms with Crippen molar-refractivity contribution in [1.29, 1.82) is 0 Å². The maximum atomic E-state index is 12.4. The van der Waals surface area contributed by atoms with Crippen molar-refractivity contribution in [3.63, 3.8) is 0 Å². The minimum Gasteiger partial charge on any atom is -0.507 e. The van der Waals surface area contributed by atoms with Gasteiger partial charge in [0.1, 0.15) is 11.4 Å². The van der Waals surface area contributed by atoms with Gasteiger partial charge in [-0.3, -0.25) is 25.0 Å². The number of nitrogens with one attached hydrogen (secondary N) is 3.